The first-order valence-corrected chi connectivity index (χ1v) is 7.33. The molecule has 1 aromatic rings. The molecule has 116 valence electrons. The Labute approximate surface area is 122 Å². The number of carbonyl (C=O) groups excluding carboxylic acids is 1. The molecule has 9 heteroatoms. The van der Waals surface area contributed by atoms with E-state index in [1.54, 1.807) is 13.0 Å². The Morgan fingerprint density at radius 3 is 2.52 bits per heavy atom. The number of sulfonamides is 1. The fourth-order valence-electron chi connectivity index (χ4n) is 1.63. The quantitative estimate of drug-likeness (QED) is 0.627. The standard InChI is InChI=1S/C12H16N2O6S/c1-7-3-4-9(20-2)10(5-7)21(18,19)14-8(12(16)17)6-11(13)15/h3-5,8,14H,6H2,1-2H3,(H2,13,15)(H,16,17)/t8-/m1/s1. The lowest BCUT2D eigenvalue weighted by atomic mass is 10.2. The minimum Gasteiger partial charge on any atom is -0.495 e. The van der Waals surface area contributed by atoms with Crippen LogP contribution >= 0.6 is 0 Å². The summed E-state index contributed by atoms with van der Waals surface area (Å²) < 4.78 is 31.4. The van der Waals surface area contributed by atoms with Crippen molar-refractivity contribution >= 4 is 21.9 Å². The van der Waals surface area contributed by atoms with E-state index in [2.05, 4.69) is 0 Å². The van der Waals surface area contributed by atoms with Gasteiger partial charge in [0.1, 0.15) is 16.7 Å². The minimum absolute atomic E-state index is 0.0660. The van der Waals surface area contributed by atoms with Crippen LogP contribution in [0.25, 0.3) is 0 Å². The van der Waals surface area contributed by atoms with Crippen molar-refractivity contribution in [1.29, 1.82) is 0 Å². The number of nitrogens with two attached hydrogens (primary N) is 1. The van der Waals surface area contributed by atoms with Crippen LogP contribution in [0.3, 0.4) is 0 Å². The maximum atomic E-state index is 12.3. The first kappa shape index (κ1) is 16.9. The molecule has 0 fully saturated rings. The molecule has 0 aromatic heterocycles. The number of hydrogen-bond donors (Lipinski definition) is 3. The number of aliphatic carboxylic acids is 1. The lowest BCUT2D eigenvalue weighted by Crippen LogP contribution is -2.43. The Morgan fingerprint density at radius 1 is 1.43 bits per heavy atom. The van der Waals surface area contributed by atoms with Gasteiger partial charge in [-0.3, -0.25) is 9.59 Å². The highest BCUT2D eigenvalue weighted by molar-refractivity contribution is 7.89. The van der Waals surface area contributed by atoms with E-state index >= 15 is 0 Å². The molecule has 0 aliphatic carbocycles. The summed E-state index contributed by atoms with van der Waals surface area (Å²) in [5.41, 5.74) is 5.56. The smallest absolute Gasteiger partial charge is 0.322 e. The van der Waals surface area contributed by atoms with Gasteiger partial charge < -0.3 is 15.6 Å². The number of hydrogen-bond acceptors (Lipinski definition) is 5. The molecular weight excluding hydrogens is 300 g/mol. The van der Waals surface area contributed by atoms with Crippen molar-refractivity contribution in [2.75, 3.05) is 7.11 Å². The molecule has 21 heavy (non-hydrogen) atoms. The predicted molar refractivity (Wildman–Crippen MR) is 73.3 cm³/mol. The summed E-state index contributed by atoms with van der Waals surface area (Å²) in [6.07, 6.45) is -0.650. The van der Waals surface area contributed by atoms with Crippen molar-refractivity contribution in [2.24, 2.45) is 5.73 Å². The maximum absolute atomic E-state index is 12.3. The van der Waals surface area contributed by atoms with E-state index in [0.717, 1.165) is 0 Å². The van der Waals surface area contributed by atoms with Crippen molar-refractivity contribution in [1.82, 2.24) is 4.72 Å². The number of carbonyl (C=O) groups is 2. The molecule has 8 nitrogen and oxygen atoms in total. The molecule has 0 heterocycles. The summed E-state index contributed by atoms with van der Waals surface area (Å²) in [5, 5.41) is 8.95. The largest absolute Gasteiger partial charge is 0.495 e. The minimum atomic E-state index is -4.18. The zero-order valence-corrected chi connectivity index (χ0v) is 12.3. The number of carboxylic acids is 1. The summed E-state index contributed by atoms with van der Waals surface area (Å²) >= 11 is 0. The van der Waals surface area contributed by atoms with Gasteiger partial charge in [-0.2, -0.15) is 4.72 Å². The molecule has 1 rings (SSSR count). The topological polar surface area (TPSA) is 136 Å². The van der Waals surface area contributed by atoms with Crippen LogP contribution in [0, 0.1) is 6.92 Å². The number of nitrogens with one attached hydrogen (secondary N) is 1. The van der Waals surface area contributed by atoms with Gasteiger partial charge in [0.15, 0.2) is 0 Å². The molecule has 4 N–H and O–H groups in total. The Hall–Kier alpha value is -2.13. The zero-order valence-electron chi connectivity index (χ0n) is 11.5. The van der Waals surface area contributed by atoms with Crippen molar-refractivity contribution in [3.05, 3.63) is 23.8 Å². The van der Waals surface area contributed by atoms with Crippen molar-refractivity contribution < 1.29 is 27.9 Å². The van der Waals surface area contributed by atoms with E-state index in [0.29, 0.717) is 5.56 Å². The summed E-state index contributed by atoms with van der Waals surface area (Å²) in [6, 6.07) is 2.80. The Balaban J connectivity index is 3.18. The number of rotatable bonds is 7. The number of primary amides is 1. The van der Waals surface area contributed by atoms with Crippen LogP contribution in [0.2, 0.25) is 0 Å². The van der Waals surface area contributed by atoms with E-state index in [9.17, 15) is 18.0 Å². The van der Waals surface area contributed by atoms with Gasteiger partial charge in [-0.05, 0) is 24.6 Å². The van der Waals surface area contributed by atoms with Gasteiger partial charge in [0.2, 0.25) is 15.9 Å². The predicted octanol–water partition coefficient (Wildman–Crippen LogP) is -0.389. The maximum Gasteiger partial charge on any atom is 0.322 e. The first-order chi connectivity index (χ1) is 9.67. The van der Waals surface area contributed by atoms with Crippen molar-refractivity contribution in [2.45, 2.75) is 24.3 Å². The number of carboxylic acid groups (broad SMARTS) is 1. The summed E-state index contributed by atoms with van der Waals surface area (Å²) in [7, 11) is -2.89. The Morgan fingerprint density at radius 2 is 2.05 bits per heavy atom. The molecule has 0 saturated carbocycles. The molecule has 1 aromatic carbocycles. The van der Waals surface area contributed by atoms with Crippen molar-refractivity contribution in [3.63, 3.8) is 0 Å². The van der Waals surface area contributed by atoms with Gasteiger partial charge >= 0.3 is 5.97 Å². The van der Waals surface area contributed by atoms with E-state index in [1.165, 1.54) is 19.2 Å². The van der Waals surface area contributed by atoms with Gasteiger partial charge in [-0.15, -0.1) is 0 Å². The van der Waals surface area contributed by atoms with Gasteiger partial charge in [0.05, 0.1) is 13.5 Å². The fraction of sp³-hybridized carbons (Fsp3) is 0.333. The highest BCUT2D eigenvalue weighted by atomic mass is 32.2. The molecule has 0 unspecified atom stereocenters. The van der Waals surface area contributed by atoms with Gasteiger partial charge in [0.25, 0.3) is 0 Å². The van der Waals surface area contributed by atoms with Crippen LogP contribution in [0.15, 0.2) is 23.1 Å². The summed E-state index contributed by atoms with van der Waals surface area (Å²) in [5.74, 6) is -2.36. The molecule has 0 radical (unpaired) electrons. The molecule has 0 bridgehead atoms. The Bertz CT molecular complexity index is 656. The van der Waals surface area contributed by atoms with E-state index < -0.39 is 34.4 Å². The van der Waals surface area contributed by atoms with Crippen LogP contribution in [-0.2, 0) is 19.6 Å². The lowest BCUT2D eigenvalue weighted by molar-refractivity contribution is -0.140. The molecule has 1 amide bonds. The molecule has 1 atom stereocenters. The van der Waals surface area contributed by atoms with Crippen LogP contribution < -0.4 is 15.2 Å². The van der Waals surface area contributed by atoms with Crippen LogP contribution in [-0.4, -0.2) is 38.6 Å². The van der Waals surface area contributed by atoms with Gasteiger partial charge in [-0.1, -0.05) is 6.07 Å². The molecule has 0 aliphatic rings. The average molecular weight is 316 g/mol. The number of ether oxygens (including phenoxy) is 1. The van der Waals surface area contributed by atoms with Gasteiger partial charge in [0, 0.05) is 0 Å². The number of methoxy groups -OCH3 is 1. The highest BCUT2D eigenvalue weighted by Crippen LogP contribution is 2.24. The SMILES string of the molecule is COc1ccc(C)cc1S(=O)(=O)N[C@H](CC(N)=O)C(=O)O. The third kappa shape index (κ3) is 4.43. The van der Waals surface area contributed by atoms with Crippen LogP contribution in [0.1, 0.15) is 12.0 Å². The van der Waals surface area contributed by atoms with E-state index in [-0.39, 0.29) is 10.6 Å². The van der Waals surface area contributed by atoms with Gasteiger partial charge in [-0.25, -0.2) is 8.42 Å². The molecule has 0 spiro atoms. The molecular formula is C12H16N2O6S. The second-order valence-electron chi connectivity index (χ2n) is 4.34. The molecule has 0 aliphatic heterocycles. The lowest BCUT2D eigenvalue weighted by Gasteiger charge is -2.15. The normalized spacial score (nSPS) is 12.7. The number of benzene rings is 1. The van der Waals surface area contributed by atoms with Crippen molar-refractivity contribution in [3.8, 4) is 5.75 Å². The summed E-state index contributed by atoms with van der Waals surface area (Å²) in [4.78, 5) is 21.6. The number of amides is 1. The average Bonchev–Trinajstić information content (AvgIpc) is 2.37. The second-order valence-corrected chi connectivity index (χ2v) is 6.02. The van der Waals surface area contributed by atoms with E-state index in [1.807, 2.05) is 4.72 Å². The monoisotopic (exact) mass is 316 g/mol. The van der Waals surface area contributed by atoms with Crippen LogP contribution in [0.5, 0.6) is 5.75 Å². The third-order valence-corrected chi connectivity index (χ3v) is 4.10. The fourth-order valence-corrected chi connectivity index (χ4v) is 3.07. The second kappa shape index (κ2) is 6.55. The Kier molecular flexibility index (Phi) is 5.28. The summed E-state index contributed by atoms with van der Waals surface area (Å²) in [6.45, 7) is 1.68. The first-order valence-electron chi connectivity index (χ1n) is 5.85. The molecule has 0 saturated heterocycles. The van der Waals surface area contributed by atoms with E-state index in [4.69, 9.17) is 15.6 Å². The number of aryl methyl sites for hydroxylation is 1. The zero-order chi connectivity index (χ0) is 16.2. The highest BCUT2D eigenvalue weighted by Gasteiger charge is 2.28. The third-order valence-electron chi connectivity index (χ3n) is 2.61. The van der Waals surface area contributed by atoms with Crippen LogP contribution in [0.4, 0.5) is 0 Å².